The van der Waals surface area contributed by atoms with Crippen LogP contribution in [0.5, 0.6) is 11.5 Å². The zero-order valence-electron chi connectivity index (χ0n) is 18.8. The number of amides is 1. The number of nitrogens with one attached hydrogen (secondary N) is 1. The summed E-state index contributed by atoms with van der Waals surface area (Å²) in [6.07, 6.45) is -0.367. The number of anilines is 1. The van der Waals surface area contributed by atoms with E-state index in [0.717, 1.165) is 28.3 Å². The van der Waals surface area contributed by atoms with Crippen LogP contribution in [0.4, 0.5) is 5.69 Å². The van der Waals surface area contributed by atoms with E-state index in [9.17, 15) is 4.79 Å². The molecule has 1 N–H and O–H groups in total. The van der Waals surface area contributed by atoms with Gasteiger partial charge < -0.3 is 19.7 Å². The molecule has 34 heavy (non-hydrogen) atoms. The van der Waals surface area contributed by atoms with E-state index in [1.54, 1.807) is 0 Å². The van der Waals surface area contributed by atoms with E-state index in [1.165, 1.54) is 0 Å². The average molecular weight is 451 g/mol. The zero-order valence-corrected chi connectivity index (χ0v) is 18.8. The Kier molecular flexibility index (Phi) is 6.43. The van der Waals surface area contributed by atoms with Crippen molar-refractivity contribution in [1.29, 1.82) is 0 Å². The largest absolute Gasteiger partial charge is 0.490 e. The Bertz CT molecular complexity index is 1240. The highest BCUT2D eigenvalue weighted by molar-refractivity contribution is 6.01. The van der Waals surface area contributed by atoms with Crippen LogP contribution in [-0.4, -0.2) is 24.0 Å². The first-order valence-electron chi connectivity index (χ1n) is 11.4. The number of ether oxygens (including phenoxy) is 2. The van der Waals surface area contributed by atoms with Gasteiger partial charge in [-0.15, -0.1) is 0 Å². The molecule has 0 spiro atoms. The summed E-state index contributed by atoms with van der Waals surface area (Å²) in [5, 5.41) is 3.56. The zero-order chi connectivity index (χ0) is 23.2. The van der Waals surface area contributed by atoms with Gasteiger partial charge in [0, 0.05) is 17.8 Å². The van der Waals surface area contributed by atoms with Gasteiger partial charge in [-0.2, -0.15) is 0 Å². The second kappa shape index (κ2) is 10.1. The molecule has 0 fully saturated rings. The van der Waals surface area contributed by atoms with Gasteiger partial charge >= 0.3 is 0 Å². The molecule has 0 aliphatic carbocycles. The molecule has 0 radical (unpaired) electrons. The van der Waals surface area contributed by atoms with Crippen LogP contribution in [0.2, 0.25) is 0 Å². The molecule has 5 nitrogen and oxygen atoms in total. The van der Waals surface area contributed by atoms with Crippen LogP contribution in [0.3, 0.4) is 0 Å². The van der Waals surface area contributed by atoms with Crippen molar-refractivity contribution in [2.75, 3.05) is 18.5 Å². The highest BCUT2D eigenvalue weighted by Crippen LogP contribution is 2.37. The highest BCUT2D eigenvalue weighted by atomic mass is 16.5. The van der Waals surface area contributed by atoms with E-state index in [0.29, 0.717) is 25.3 Å². The smallest absolute Gasteiger partial charge is 0.258 e. The topological polar surface area (TPSA) is 50.8 Å². The van der Waals surface area contributed by atoms with E-state index < -0.39 is 0 Å². The third-order valence-electron chi connectivity index (χ3n) is 5.78. The summed E-state index contributed by atoms with van der Waals surface area (Å²) < 4.78 is 11.9. The van der Waals surface area contributed by atoms with Crippen molar-refractivity contribution in [3.05, 3.63) is 126 Å². The van der Waals surface area contributed by atoms with Crippen molar-refractivity contribution in [3.8, 4) is 11.5 Å². The van der Waals surface area contributed by atoms with Crippen LogP contribution in [0, 0.1) is 0 Å². The number of hydrogen-bond donors (Lipinski definition) is 1. The fraction of sp³-hybridized carbons (Fsp3) is 0.138. The maximum Gasteiger partial charge on any atom is 0.258 e. The maximum absolute atomic E-state index is 13.6. The van der Waals surface area contributed by atoms with Crippen LogP contribution in [0.15, 0.2) is 109 Å². The Balaban J connectivity index is 1.39. The number of nitrogens with zero attached hydrogens (tertiary/aromatic N) is 1. The number of carbonyl (C=O) groups excluding carboxylic acids is 1. The number of para-hydroxylation sites is 3. The molecule has 1 amide bonds. The van der Waals surface area contributed by atoms with Gasteiger partial charge in [0.2, 0.25) is 0 Å². The molecule has 4 aromatic carbocycles. The van der Waals surface area contributed by atoms with E-state index in [4.69, 9.17) is 9.47 Å². The molecule has 5 rings (SSSR count). The molecule has 1 heterocycles. The van der Waals surface area contributed by atoms with Crippen molar-refractivity contribution in [2.45, 2.75) is 12.7 Å². The molecular formula is C29H26N2O3. The van der Waals surface area contributed by atoms with Gasteiger partial charge in [-0.05, 0) is 35.9 Å². The summed E-state index contributed by atoms with van der Waals surface area (Å²) in [7, 11) is 0. The molecule has 170 valence electrons. The summed E-state index contributed by atoms with van der Waals surface area (Å²) in [5.74, 6) is 1.52. The van der Waals surface area contributed by atoms with Crippen LogP contribution >= 0.6 is 0 Å². The lowest BCUT2D eigenvalue weighted by Gasteiger charge is -2.38. The Hall–Kier alpha value is -4.25. The Morgan fingerprint density at radius 3 is 2.18 bits per heavy atom. The summed E-state index contributed by atoms with van der Waals surface area (Å²) in [6.45, 7) is 1.30. The Morgan fingerprint density at radius 1 is 0.706 bits per heavy atom. The molecule has 0 bridgehead atoms. The minimum atomic E-state index is -0.367. The summed E-state index contributed by atoms with van der Waals surface area (Å²) in [4.78, 5) is 15.4. The lowest BCUT2D eigenvalue weighted by atomic mass is 10.0. The van der Waals surface area contributed by atoms with Gasteiger partial charge in [-0.25, -0.2) is 0 Å². The first kappa shape index (κ1) is 21.6. The second-order valence-corrected chi connectivity index (χ2v) is 8.06. The molecule has 1 aliphatic rings. The minimum Gasteiger partial charge on any atom is -0.490 e. The maximum atomic E-state index is 13.6. The van der Waals surface area contributed by atoms with Gasteiger partial charge in [-0.3, -0.25) is 4.79 Å². The van der Waals surface area contributed by atoms with Crippen molar-refractivity contribution < 1.29 is 14.3 Å². The van der Waals surface area contributed by atoms with E-state index in [1.807, 2.05) is 114 Å². The number of benzene rings is 4. The molecule has 4 aromatic rings. The first-order chi connectivity index (χ1) is 16.8. The summed E-state index contributed by atoms with van der Waals surface area (Å²) in [6, 6.07) is 35.2. The standard InChI is InChI=1S/C29H26N2O3/c32-29-24-15-7-9-17-26(24)30-28(31(29)21-22-11-3-1-4-12-22)25-16-8-10-18-27(25)34-20-19-33-23-13-5-2-6-14-23/h1-18,28,30H,19-21H2. The Labute approximate surface area is 199 Å². The summed E-state index contributed by atoms with van der Waals surface area (Å²) >= 11 is 0. The van der Waals surface area contributed by atoms with Crippen molar-refractivity contribution in [2.24, 2.45) is 0 Å². The van der Waals surface area contributed by atoms with Crippen LogP contribution < -0.4 is 14.8 Å². The average Bonchev–Trinajstić information content (AvgIpc) is 2.90. The normalized spacial score (nSPS) is 14.8. The number of hydrogen-bond acceptors (Lipinski definition) is 4. The Morgan fingerprint density at radius 2 is 1.35 bits per heavy atom. The molecule has 0 saturated heterocycles. The van der Waals surface area contributed by atoms with Gasteiger partial charge in [0.15, 0.2) is 0 Å². The molecule has 0 aromatic heterocycles. The molecule has 1 unspecified atom stereocenters. The predicted molar refractivity (Wildman–Crippen MR) is 133 cm³/mol. The van der Waals surface area contributed by atoms with E-state index in [2.05, 4.69) is 5.32 Å². The number of rotatable bonds is 8. The van der Waals surface area contributed by atoms with Gasteiger partial charge in [0.05, 0.1) is 5.56 Å². The van der Waals surface area contributed by atoms with Crippen LogP contribution in [0.1, 0.15) is 27.7 Å². The third kappa shape index (κ3) is 4.74. The fourth-order valence-electron chi connectivity index (χ4n) is 4.15. The predicted octanol–water partition coefficient (Wildman–Crippen LogP) is 5.91. The van der Waals surface area contributed by atoms with Gasteiger partial charge in [0.1, 0.15) is 30.9 Å². The SMILES string of the molecule is O=C1c2ccccc2NC(c2ccccc2OCCOc2ccccc2)N1Cc1ccccc1. The lowest BCUT2D eigenvalue weighted by Crippen LogP contribution is -2.42. The third-order valence-corrected chi connectivity index (χ3v) is 5.78. The highest BCUT2D eigenvalue weighted by Gasteiger charge is 2.34. The number of fused-ring (bicyclic) bond motifs is 1. The molecule has 5 heteroatoms. The van der Waals surface area contributed by atoms with Crippen molar-refractivity contribution in [3.63, 3.8) is 0 Å². The lowest BCUT2D eigenvalue weighted by molar-refractivity contribution is 0.0663. The molecule has 1 aliphatic heterocycles. The fourth-order valence-corrected chi connectivity index (χ4v) is 4.15. The monoisotopic (exact) mass is 450 g/mol. The van der Waals surface area contributed by atoms with Gasteiger partial charge in [-0.1, -0.05) is 78.9 Å². The molecule has 0 saturated carbocycles. The van der Waals surface area contributed by atoms with E-state index in [-0.39, 0.29) is 12.1 Å². The van der Waals surface area contributed by atoms with Crippen molar-refractivity contribution in [1.82, 2.24) is 4.90 Å². The summed E-state index contributed by atoms with van der Waals surface area (Å²) in [5.41, 5.74) is 3.46. The second-order valence-electron chi connectivity index (χ2n) is 8.06. The van der Waals surface area contributed by atoms with Gasteiger partial charge in [0.25, 0.3) is 5.91 Å². The molecule has 1 atom stereocenters. The minimum absolute atomic E-state index is 0.00887. The van der Waals surface area contributed by atoms with Crippen LogP contribution in [0.25, 0.3) is 0 Å². The quantitative estimate of drug-likeness (QED) is 0.339. The first-order valence-corrected chi connectivity index (χ1v) is 11.4. The molecular weight excluding hydrogens is 424 g/mol. The van der Waals surface area contributed by atoms with Crippen molar-refractivity contribution >= 4 is 11.6 Å². The number of carbonyl (C=O) groups is 1. The van der Waals surface area contributed by atoms with E-state index >= 15 is 0 Å². The van der Waals surface area contributed by atoms with Crippen LogP contribution in [-0.2, 0) is 6.54 Å².